The molecule has 1 aromatic rings. The van der Waals surface area contributed by atoms with Crippen LogP contribution in [0.4, 0.5) is 4.79 Å². The molecule has 2 aliphatic heterocycles. The number of hydrogen-bond donors (Lipinski definition) is 1. The van der Waals surface area contributed by atoms with Gasteiger partial charge in [0, 0.05) is 30.4 Å². The maximum atomic E-state index is 12.1. The van der Waals surface area contributed by atoms with Crippen LogP contribution in [0.3, 0.4) is 0 Å². The molecule has 1 atom stereocenters. The first-order chi connectivity index (χ1) is 9.79. The van der Waals surface area contributed by atoms with Crippen LogP contribution in [0.2, 0.25) is 0 Å². The molecule has 0 radical (unpaired) electrons. The number of rotatable bonds is 1. The van der Waals surface area contributed by atoms with E-state index in [9.17, 15) is 4.79 Å². The predicted molar refractivity (Wildman–Crippen MR) is 84.7 cm³/mol. The zero-order valence-corrected chi connectivity index (χ0v) is 14.0. The van der Waals surface area contributed by atoms with E-state index >= 15 is 0 Å². The van der Waals surface area contributed by atoms with Gasteiger partial charge in [0.1, 0.15) is 5.60 Å². The first-order valence-corrected chi connectivity index (χ1v) is 8.47. The van der Waals surface area contributed by atoms with Gasteiger partial charge < -0.3 is 15.0 Å². The summed E-state index contributed by atoms with van der Waals surface area (Å²) in [6.45, 7) is 10.6. The van der Waals surface area contributed by atoms with E-state index in [1.165, 1.54) is 10.4 Å². The van der Waals surface area contributed by atoms with Gasteiger partial charge >= 0.3 is 6.09 Å². The Hall–Kier alpha value is -1.07. The van der Waals surface area contributed by atoms with E-state index in [-0.39, 0.29) is 11.6 Å². The van der Waals surface area contributed by atoms with E-state index in [1.54, 1.807) is 0 Å². The second-order valence-corrected chi connectivity index (χ2v) is 8.15. The third-order valence-corrected chi connectivity index (χ3v) is 5.65. The highest BCUT2D eigenvalue weighted by molar-refractivity contribution is 7.10. The lowest BCUT2D eigenvalue weighted by molar-refractivity contribution is -0.0192. The van der Waals surface area contributed by atoms with Crippen molar-refractivity contribution in [2.45, 2.75) is 45.3 Å². The fourth-order valence-electron chi connectivity index (χ4n) is 3.17. The van der Waals surface area contributed by atoms with Crippen molar-refractivity contribution >= 4 is 17.4 Å². The fraction of sp³-hybridized carbons (Fsp3) is 0.688. The molecule has 5 heteroatoms. The van der Waals surface area contributed by atoms with Crippen LogP contribution in [0.1, 0.15) is 38.1 Å². The molecule has 1 amide bonds. The molecule has 1 unspecified atom stereocenters. The number of fused-ring (bicyclic) bond motifs is 1. The summed E-state index contributed by atoms with van der Waals surface area (Å²) < 4.78 is 5.43. The van der Waals surface area contributed by atoms with E-state index in [0.29, 0.717) is 5.92 Å². The SMILES string of the molecule is CC(C)(C)OC(=O)N1CC(C2(C)NCCc3ccsc32)C1. The summed E-state index contributed by atoms with van der Waals surface area (Å²) in [6.07, 6.45) is 0.918. The minimum absolute atomic E-state index is 0.000260. The van der Waals surface area contributed by atoms with Gasteiger partial charge in [-0.15, -0.1) is 11.3 Å². The van der Waals surface area contributed by atoms with Gasteiger partial charge in [0.15, 0.2) is 0 Å². The molecule has 1 fully saturated rings. The quantitative estimate of drug-likeness (QED) is 0.867. The summed E-state index contributed by atoms with van der Waals surface area (Å²) in [4.78, 5) is 15.3. The van der Waals surface area contributed by atoms with Crippen LogP contribution in [0, 0.1) is 5.92 Å². The number of thiophene rings is 1. The first-order valence-electron chi connectivity index (χ1n) is 7.59. The topological polar surface area (TPSA) is 41.6 Å². The number of nitrogens with zero attached hydrogens (tertiary/aromatic N) is 1. The van der Waals surface area contributed by atoms with Crippen LogP contribution in [0.25, 0.3) is 0 Å². The molecular formula is C16H24N2O2S. The molecule has 3 heterocycles. The minimum Gasteiger partial charge on any atom is -0.444 e. The Bertz CT molecular complexity index is 543. The third kappa shape index (κ3) is 2.69. The molecule has 0 bridgehead atoms. The van der Waals surface area contributed by atoms with E-state index < -0.39 is 5.60 Å². The smallest absolute Gasteiger partial charge is 0.410 e. The lowest BCUT2D eigenvalue weighted by Crippen LogP contribution is -2.63. The molecule has 0 aromatic carbocycles. The zero-order valence-electron chi connectivity index (χ0n) is 13.2. The number of ether oxygens (including phenoxy) is 1. The summed E-state index contributed by atoms with van der Waals surface area (Å²) in [7, 11) is 0. The molecule has 0 spiro atoms. The van der Waals surface area contributed by atoms with Crippen molar-refractivity contribution in [1.82, 2.24) is 10.2 Å². The average Bonchev–Trinajstić information content (AvgIpc) is 2.73. The molecule has 1 saturated heterocycles. The number of carbonyl (C=O) groups excluding carboxylic acids is 1. The average molecular weight is 308 g/mol. The normalized spacial score (nSPS) is 26.2. The highest BCUT2D eigenvalue weighted by Gasteiger charge is 2.47. The Balaban J connectivity index is 1.66. The molecular weight excluding hydrogens is 284 g/mol. The second-order valence-electron chi connectivity index (χ2n) is 7.24. The van der Waals surface area contributed by atoms with Crippen LogP contribution in [-0.2, 0) is 16.7 Å². The number of hydrogen-bond acceptors (Lipinski definition) is 4. The predicted octanol–water partition coefficient (Wildman–Crippen LogP) is 2.98. The maximum Gasteiger partial charge on any atom is 0.410 e. The fourth-order valence-corrected chi connectivity index (χ4v) is 4.35. The Kier molecular flexibility index (Phi) is 3.53. The van der Waals surface area contributed by atoms with Gasteiger partial charge in [0.2, 0.25) is 0 Å². The van der Waals surface area contributed by atoms with Crippen LogP contribution in [-0.4, -0.2) is 36.2 Å². The van der Waals surface area contributed by atoms with Gasteiger partial charge in [-0.1, -0.05) is 0 Å². The lowest BCUT2D eigenvalue weighted by Gasteiger charge is -2.50. The molecule has 2 aliphatic rings. The Morgan fingerprint density at radius 2 is 2.19 bits per heavy atom. The van der Waals surface area contributed by atoms with Crippen LogP contribution in [0.15, 0.2) is 11.4 Å². The third-order valence-electron chi connectivity index (χ3n) is 4.45. The van der Waals surface area contributed by atoms with Crippen molar-refractivity contribution < 1.29 is 9.53 Å². The molecule has 4 nitrogen and oxygen atoms in total. The van der Waals surface area contributed by atoms with Gasteiger partial charge in [-0.2, -0.15) is 0 Å². The van der Waals surface area contributed by atoms with Crippen molar-refractivity contribution in [3.05, 3.63) is 21.9 Å². The Morgan fingerprint density at radius 1 is 1.48 bits per heavy atom. The molecule has 0 saturated carbocycles. The van der Waals surface area contributed by atoms with Crippen LogP contribution >= 0.6 is 11.3 Å². The minimum atomic E-state index is -0.421. The first kappa shape index (κ1) is 14.9. The van der Waals surface area contributed by atoms with Crippen molar-refractivity contribution in [1.29, 1.82) is 0 Å². The number of likely N-dealkylation sites (tertiary alicyclic amines) is 1. The summed E-state index contributed by atoms with van der Waals surface area (Å²) >= 11 is 1.83. The summed E-state index contributed by atoms with van der Waals surface area (Å²) in [5.41, 5.74) is 1.05. The Morgan fingerprint density at radius 3 is 2.86 bits per heavy atom. The maximum absolute atomic E-state index is 12.1. The number of carbonyl (C=O) groups is 1. The van der Waals surface area contributed by atoms with Gasteiger partial charge in [-0.25, -0.2) is 4.79 Å². The molecule has 116 valence electrons. The summed E-state index contributed by atoms with van der Waals surface area (Å²) in [6, 6.07) is 2.24. The van der Waals surface area contributed by atoms with Crippen LogP contribution < -0.4 is 5.32 Å². The van der Waals surface area contributed by atoms with Gasteiger partial charge in [-0.3, -0.25) is 0 Å². The second kappa shape index (κ2) is 4.99. The molecule has 21 heavy (non-hydrogen) atoms. The number of nitrogens with one attached hydrogen (secondary N) is 1. The largest absolute Gasteiger partial charge is 0.444 e. The number of amides is 1. The highest BCUT2D eigenvalue weighted by atomic mass is 32.1. The van der Waals surface area contributed by atoms with E-state index in [1.807, 2.05) is 37.0 Å². The van der Waals surface area contributed by atoms with Crippen molar-refractivity contribution in [2.75, 3.05) is 19.6 Å². The monoisotopic (exact) mass is 308 g/mol. The zero-order chi connectivity index (χ0) is 15.3. The van der Waals surface area contributed by atoms with Gasteiger partial charge in [-0.05, 0) is 51.1 Å². The molecule has 0 aliphatic carbocycles. The van der Waals surface area contributed by atoms with E-state index in [2.05, 4.69) is 23.7 Å². The summed E-state index contributed by atoms with van der Waals surface area (Å²) in [5, 5.41) is 5.86. The van der Waals surface area contributed by atoms with E-state index in [0.717, 1.165) is 26.1 Å². The lowest BCUT2D eigenvalue weighted by atomic mass is 9.76. The summed E-state index contributed by atoms with van der Waals surface area (Å²) in [5.74, 6) is 0.461. The van der Waals surface area contributed by atoms with Crippen LogP contribution in [0.5, 0.6) is 0 Å². The van der Waals surface area contributed by atoms with Gasteiger partial charge in [0.05, 0.1) is 5.54 Å². The van der Waals surface area contributed by atoms with E-state index in [4.69, 9.17) is 4.74 Å². The highest BCUT2D eigenvalue weighted by Crippen LogP contribution is 2.42. The standard InChI is InChI=1S/C16H24N2O2S/c1-15(2,3)20-14(19)18-9-12(10-18)16(4)13-11(5-7-17-16)6-8-21-13/h6,8,12,17H,5,7,9-10H2,1-4H3. The molecule has 3 rings (SSSR count). The van der Waals surface area contributed by atoms with Crippen molar-refractivity contribution in [2.24, 2.45) is 5.92 Å². The molecule has 1 N–H and O–H groups in total. The van der Waals surface area contributed by atoms with Gasteiger partial charge in [0.25, 0.3) is 0 Å². The Labute approximate surface area is 130 Å². The van der Waals surface area contributed by atoms with Crippen molar-refractivity contribution in [3.8, 4) is 0 Å². The molecule has 1 aromatic heterocycles. The van der Waals surface area contributed by atoms with Crippen molar-refractivity contribution in [3.63, 3.8) is 0 Å².